The Morgan fingerprint density at radius 1 is 1.21 bits per heavy atom. The summed E-state index contributed by atoms with van der Waals surface area (Å²) >= 11 is 0. The van der Waals surface area contributed by atoms with E-state index < -0.39 is 0 Å². The average Bonchev–Trinajstić information content (AvgIpc) is 2.67. The molecular formula is C11H22N2O. The Bertz CT molecular complexity index is 169. The van der Waals surface area contributed by atoms with E-state index in [1.165, 1.54) is 38.9 Å². The fourth-order valence-corrected chi connectivity index (χ4v) is 2.37. The fourth-order valence-electron chi connectivity index (χ4n) is 2.37. The largest absolute Gasteiger partial charge is 0.376 e. The third-order valence-electron chi connectivity index (χ3n) is 3.31. The molecule has 0 spiro atoms. The zero-order valence-corrected chi connectivity index (χ0v) is 9.24. The van der Waals surface area contributed by atoms with Gasteiger partial charge in [-0.05, 0) is 39.4 Å². The molecule has 2 saturated heterocycles. The van der Waals surface area contributed by atoms with E-state index in [0.717, 1.165) is 19.7 Å². The number of likely N-dealkylation sites (N-methyl/N-ethyl adjacent to an activating group) is 1. The molecule has 82 valence electrons. The number of hydrogen-bond acceptors (Lipinski definition) is 3. The molecule has 0 bridgehead atoms. The van der Waals surface area contributed by atoms with Crippen molar-refractivity contribution in [2.75, 3.05) is 46.4 Å². The second-order valence-electron chi connectivity index (χ2n) is 4.59. The monoisotopic (exact) mass is 198 g/mol. The molecule has 2 rings (SSSR count). The minimum atomic E-state index is 0.481. The van der Waals surface area contributed by atoms with Gasteiger partial charge >= 0.3 is 0 Å². The standard InChI is InChI=1S/C11H22N2O/c1-12-8-9-14-11(10-12)4-7-13-5-2-3-6-13/h11H,2-10H2,1H3. The zero-order chi connectivity index (χ0) is 9.80. The van der Waals surface area contributed by atoms with Gasteiger partial charge in [0.1, 0.15) is 0 Å². The molecule has 0 aromatic heterocycles. The van der Waals surface area contributed by atoms with Crippen molar-refractivity contribution in [3.05, 3.63) is 0 Å². The summed E-state index contributed by atoms with van der Waals surface area (Å²) in [5.41, 5.74) is 0. The van der Waals surface area contributed by atoms with Crippen LogP contribution in [0.15, 0.2) is 0 Å². The predicted octanol–water partition coefficient (Wildman–Crippen LogP) is 0.803. The van der Waals surface area contributed by atoms with Gasteiger partial charge in [-0.3, -0.25) is 0 Å². The number of morpholine rings is 1. The summed E-state index contributed by atoms with van der Waals surface area (Å²) in [4.78, 5) is 4.94. The van der Waals surface area contributed by atoms with Crippen LogP contribution in [0.4, 0.5) is 0 Å². The lowest BCUT2D eigenvalue weighted by molar-refractivity contribution is -0.0264. The van der Waals surface area contributed by atoms with Crippen LogP contribution in [0.1, 0.15) is 19.3 Å². The molecule has 1 atom stereocenters. The smallest absolute Gasteiger partial charge is 0.0714 e. The van der Waals surface area contributed by atoms with Crippen LogP contribution in [0.25, 0.3) is 0 Å². The number of hydrogen-bond donors (Lipinski definition) is 0. The topological polar surface area (TPSA) is 15.7 Å². The van der Waals surface area contributed by atoms with Gasteiger partial charge in [-0.15, -0.1) is 0 Å². The molecule has 0 saturated carbocycles. The summed E-state index contributed by atoms with van der Waals surface area (Å²) < 4.78 is 5.74. The Balaban J connectivity index is 1.64. The summed E-state index contributed by atoms with van der Waals surface area (Å²) in [6, 6.07) is 0. The van der Waals surface area contributed by atoms with Crippen LogP contribution in [0.2, 0.25) is 0 Å². The maximum absolute atomic E-state index is 5.74. The third-order valence-corrected chi connectivity index (χ3v) is 3.31. The molecule has 0 aromatic rings. The number of likely N-dealkylation sites (tertiary alicyclic amines) is 1. The van der Waals surface area contributed by atoms with Gasteiger partial charge in [0.2, 0.25) is 0 Å². The summed E-state index contributed by atoms with van der Waals surface area (Å²) in [6.07, 6.45) is 4.48. The summed E-state index contributed by atoms with van der Waals surface area (Å²) in [5.74, 6) is 0. The van der Waals surface area contributed by atoms with Gasteiger partial charge < -0.3 is 14.5 Å². The Labute approximate surface area is 87.0 Å². The maximum atomic E-state index is 5.74. The van der Waals surface area contributed by atoms with Crippen molar-refractivity contribution in [3.63, 3.8) is 0 Å². The first kappa shape index (κ1) is 10.4. The molecule has 0 radical (unpaired) electrons. The van der Waals surface area contributed by atoms with Gasteiger partial charge in [0.25, 0.3) is 0 Å². The van der Waals surface area contributed by atoms with Crippen LogP contribution in [0, 0.1) is 0 Å². The van der Waals surface area contributed by atoms with Crippen molar-refractivity contribution >= 4 is 0 Å². The van der Waals surface area contributed by atoms with Crippen LogP contribution in [-0.2, 0) is 4.74 Å². The van der Waals surface area contributed by atoms with E-state index in [0.29, 0.717) is 6.10 Å². The second-order valence-corrected chi connectivity index (χ2v) is 4.59. The molecule has 14 heavy (non-hydrogen) atoms. The maximum Gasteiger partial charge on any atom is 0.0714 e. The molecule has 2 aliphatic rings. The molecule has 0 aliphatic carbocycles. The van der Waals surface area contributed by atoms with E-state index in [1.54, 1.807) is 0 Å². The molecule has 3 nitrogen and oxygen atoms in total. The summed E-state index contributed by atoms with van der Waals surface area (Å²) in [6.45, 7) is 6.98. The van der Waals surface area contributed by atoms with Gasteiger partial charge in [-0.2, -0.15) is 0 Å². The SMILES string of the molecule is CN1CCOC(CCN2CCCC2)C1. The first-order chi connectivity index (χ1) is 6.84. The van der Waals surface area contributed by atoms with E-state index in [1.807, 2.05) is 0 Å². The third kappa shape index (κ3) is 2.94. The van der Waals surface area contributed by atoms with E-state index >= 15 is 0 Å². The van der Waals surface area contributed by atoms with E-state index in [9.17, 15) is 0 Å². The minimum Gasteiger partial charge on any atom is -0.376 e. The molecule has 2 fully saturated rings. The molecule has 0 N–H and O–H groups in total. The second kappa shape index (κ2) is 5.10. The van der Waals surface area contributed by atoms with Gasteiger partial charge in [0.15, 0.2) is 0 Å². The van der Waals surface area contributed by atoms with Gasteiger partial charge in [-0.25, -0.2) is 0 Å². The highest BCUT2D eigenvalue weighted by molar-refractivity contribution is 4.72. The Hall–Kier alpha value is -0.120. The molecular weight excluding hydrogens is 176 g/mol. The predicted molar refractivity (Wildman–Crippen MR) is 57.5 cm³/mol. The van der Waals surface area contributed by atoms with Gasteiger partial charge in [-0.1, -0.05) is 0 Å². The summed E-state index contributed by atoms with van der Waals surface area (Å²) in [5, 5.41) is 0. The van der Waals surface area contributed by atoms with E-state index in [2.05, 4.69) is 16.8 Å². The highest BCUT2D eigenvalue weighted by Gasteiger charge is 2.19. The Morgan fingerprint density at radius 3 is 2.71 bits per heavy atom. The first-order valence-corrected chi connectivity index (χ1v) is 5.87. The van der Waals surface area contributed by atoms with Crippen molar-refractivity contribution in [3.8, 4) is 0 Å². The van der Waals surface area contributed by atoms with Gasteiger partial charge in [0, 0.05) is 19.6 Å². The Kier molecular flexibility index (Phi) is 3.79. The minimum absolute atomic E-state index is 0.481. The molecule has 2 aliphatic heterocycles. The number of nitrogens with zero attached hydrogens (tertiary/aromatic N) is 2. The van der Waals surface area contributed by atoms with Crippen LogP contribution in [-0.4, -0.2) is 62.3 Å². The molecule has 0 aromatic carbocycles. The lowest BCUT2D eigenvalue weighted by Crippen LogP contribution is -2.41. The van der Waals surface area contributed by atoms with E-state index in [-0.39, 0.29) is 0 Å². The normalized spacial score (nSPS) is 31.1. The van der Waals surface area contributed by atoms with Crippen molar-refractivity contribution in [2.45, 2.75) is 25.4 Å². The number of ether oxygens (including phenoxy) is 1. The zero-order valence-electron chi connectivity index (χ0n) is 9.24. The first-order valence-electron chi connectivity index (χ1n) is 5.87. The molecule has 2 heterocycles. The average molecular weight is 198 g/mol. The highest BCUT2D eigenvalue weighted by Crippen LogP contribution is 2.11. The van der Waals surface area contributed by atoms with Crippen LogP contribution < -0.4 is 0 Å². The number of rotatable bonds is 3. The van der Waals surface area contributed by atoms with Crippen LogP contribution in [0.5, 0.6) is 0 Å². The van der Waals surface area contributed by atoms with Crippen molar-refractivity contribution in [1.29, 1.82) is 0 Å². The van der Waals surface area contributed by atoms with Crippen LogP contribution in [0.3, 0.4) is 0 Å². The quantitative estimate of drug-likeness (QED) is 0.667. The fraction of sp³-hybridized carbons (Fsp3) is 1.00. The highest BCUT2D eigenvalue weighted by atomic mass is 16.5. The summed E-state index contributed by atoms with van der Waals surface area (Å²) in [7, 11) is 2.19. The Morgan fingerprint density at radius 2 is 2.00 bits per heavy atom. The van der Waals surface area contributed by atoms with Crippen molar-refractivity contribution in [2.24, 2.45) is 0 Å². The van der Waals surface area contributed by atoms with E-state index in [4.69, 9.17) is 4.74 Å². The lowest BCUT2D eigenvalue weighted by atomic mass is 10.2. The van der Waals surface area contributed by atoms with Gasteiger partial charge in [0.05, 0.1) is 12.7 Å². The molecule has 0 amide bonds. The van der Waals surface area contributed by atoms with Crippen LogP contribution >= 0.6 is 0 Å². The van der Waals surface area contributed by atoms with Crippen molar-refractivity contribution in [1.82, 2.24) is 9.80 Å². The molecule has 1 unspecified atom stereocenters. The lowest BCUT2D eigenvalue weighted by Gasteiger charge is -2.31. The molecule has 3 heteroatoms. The van der Waals surface area contributed by atoms with Crippen molar-refractivity contribution < 1.29 is 4.74 Å².